The highest BCUT2D eigenvalue weighted by Crippen LogP contribution is 2.15. The molecule has 0 atom stereocenters. The largest absolute Gasteiger partial charge is 0.383 e. The van der Waals surface area contributed by atoms with Crippen LogP contribution in [-0.4, -0.2) is 48.8 Å². The number of carbonyl (C=O) groups is 1. The molecule has 8 heteroatoms. The minimum absolute atomic E-state index is 0. The van der Waals surface area contributed by atoms with Gasteiger partial charge in [-0.2, -0.15) is 0 Å². The molecule has 0 bridgehead atoms. The summed E-state index contributed by atoms with van der Waals surface area (Å²) in [6.45, 7) is 5.15. The van der Waals surface area contributed by atoms with Crippen molar-refractivity contribution in [1.82, 2.24) is 20.2 Å². The molecule has 0 aliphatic rings. The maximum absolute atomic E-state index is 11.6. The lowest BCUT2D eigenvalue weighted by molar-refractivity contribution is -0.120. The standard InChI is InChI=1S/C16H24N4O2.2ClH/c1-13-19-14-6-3-4-7-15(14)20(13)10-5-8-18-16(21)12-17-9-11-22-2;;/h3-4,6-7,17H,5,8-12H2,1-2H3,(H,18,21);2*1H. The quantitative estimate of drug-likeness (QED) is 0.656. The van der Waals surface area contributed by atoms with Crippen LogP contribution in [-0.2, 0) is 16.1 Å². The Morgan fingerprint density at radius 2 is 2.00 bits per heavy atom. The summed E-state index contributed by atoms with van der Waals surface area (Å²) in [6.07, 6.45) is 0.880. The van der Waals surface area contributed by atoms with Crippen molar-refractivity contribution in [3.05, 3.63) is 30.1 Å². The summed E-state index contributed by atoms with van der Waals surface area (Å²) in [6, 6.07) is 8.11. The zero-order valence-electron chi connectivity index (χ0n) is 14.1. The molecule has 1 aromatic carbocycles. The average molecular weight is 377 g/mol. The fourth-order valence-corrected chi connectivity index (χ4v) is 2.38. The first-order valence-corrected chi connectivity index (χ1v) is 7.60. The molecule has 24 heavy (non-hydrogen) atoms. The number of hydrogen-bond donors (Lipinski definition) is 2. The van der Waals surface area contributed by atoms with Gasteiger partial charge >= 0.3 is 0 Å². The molecule has 1 heterocycles. The number of para-hydroxylation sites is 2. The Hall–Kier alpha value is -1.34. The summed E-state index contributed by atoms with van der Waals surface area (Å²) in [5, 5.41) is 5.94. The molecule has 2 aromatic rings. The average Bonchev–Trinajstić information content (AvgIpc) is 2.84. The van der Waals surface area contributed by atoms with Crippen LogP contribution in [0.2, 0.25) is 0 Å². The molecular formula is C16H26Cl2N4O2. The van der Waals surface area contributed by atoms with E-state index in [1.807, 2.05) is 25.1 Å². The third-order valence-corrected chi connectivity index (χ3v) is 3.49. The number of imidazole rings is 1. The SMILES string of the molecule is COCCNCC(=O)NCCCn1c(C)nc2ccccc21.Cl.Cl. The second-order valence-electron chi connectivity index (χ2n) is 5.17. The van der Waals surface area contributed by atoms with Crippen molar-refractivity contribution in [2.24, 2.45) is 0 Å². The number of amides is 1. The second kappa shape index (κ2) is 12.1. The highest BCUT2D eigenvalue weighted by Gasteiger charge is 2.06. The molecule has 2 rings (SSSR count). The number of hydrogen-bond acceptors (Lipinski definition) is 4. The van der Waals surface area contributed by atoms with Gasteiger partial charge < -0.3 is 19.9 Å². The number of aromatic nitrogens is 2. The Morgan fingerprint density at radius 1 is 1.25 bits per heavy atom. The number of fused-ring (bicyclic) bond motifs is 1. The number of nitrogens with zero attached hydrogens (tertiary/aromatic N) is 2. The monoisotopic (exact) mass is 376 g/mol. The number of rotatable bonds is 9. The maximum Gasteiger partial charge on any atom is 0.233 e. The lowest BCUT2D eigenvalue weighted by Gasteiger charge is -2.09. The third kappa shape index (κ3) is 6.65. The van der Waals surface area contributed by atoms with Crippen LogP contribution in [0.25, 0.3) is 11.0 Å². The normalized spacial score (nSPS) is 10.1. The van der Waals surface area contributed by atoms with E-state index >= 15 is 0 Å². The van der Waals surface area contributed by atoms with Crippen molar-refractivity contribution in [3.8, 4) is 0 Å². The second-order valence-corrected chi connectivity index (χ2v) is 5.17. The van der Waals surface area contributed by atoms with Crippen LogP contribution in [0, 0.1) is 6.92 Å². The van der Waals surface area contributed by atoms with Gasteiger partial charge in [0.25, 0.3) is 0 Å². The Kier molecular flexibility index (Phi) is 11.4. The van der Waals surface area contributed by atoms with Gasteiger partial charge in [-0.3, -0.25) is 4.79 Å². The van der Waals surface area contributed by atoms with Gasteiger partial charge in [-0.1, -0.05) is 12.1 Å². The summed E-state index contributed by atoms with van der Waals surface area (Å²) >= 11 is 0. The molecule has 1 amide bonds. The van der Waals surface area contributed by atoms with Gasteiger partial charge in [0.2, 0.25) is 5.91 Å². The van der Waals surface area contributed by atoms with Gasteiger partial charge in [0.15, 0.2) is 0 Å². The number of carbonyl (C=O) groups excluding carboxylic acids is 1. The predicted molar refractivity (Wildman–Crippen MR) is 101 cm³/mol. The minimum atomic E-state index is 0. The fraction of sp³-hybridized carbons (Fsp3) is 0.500. The Morgan fingerprint density at radius 3 is 2.75 bits per heavy atom. The predicted octanol–water partition coefficient (Wildman–Crippen LogP) is 1.93. The van der Waals surface area contributed by atoms with Gasteiger partial charge in [0, 0.05) is 26.7 Å². The number of methoxy groups -OCH3 is 1. The van der Waals surface area contributed by atoms with E-state index in [1.165, 1.54) is 0 Å². The van der Waals surface area contributed by atoms with Crippen molar-refractivity contribution in [2.75, 3.05) is 33.4 Å². The van der Waals surface area contributed by atoms with E-state index in [0.29, 0.717) is 26.2 Å². The van der Waals surface area contributed by atoms with E-state index < -0.39 is 0 Å². The van der Waals surface area contributed by atoms with E-state index in [1.54, 1.807) is 7.11 Å². The van der Waals surface area contributed by atoms with Crippen molar-refractivity contribution >= 4 is 41.8 Å². The van der Waals surface area contributed by atoms with Crippen molar-refractivity contribution in [3.63, 3.8) is 0 Å². The Bertz CT molecular complexity index is 619. The van der Waals surface area contributed by atoms with Crippen LogP contribution in [0.15, 0.2) is 24.3 Å². The summed E-state index contributed by atoms with van der Waals surface area (Å²) in [7, 11) is 1.64. The van der Waals surface area contributed by atoms with Crippen LogP contribution in [0.1, 0.15) is 12.2 Å². The molecule has 6 nitrogen and oxygen atoms in total. The maximum atomic E-state index is 11.6. The summed E-state index contributed by atoms with van der Waals surface area (Å²) < 4.78 is 7.10. The van der Waals surface area contributed by atoms with Crippen LogP contribution in [0.4, 0.5) is 0 Å². The molecular weight excluding hydrogens is 351 g/mol. The molecule has 0 saturated carbocycles. The molecule has 1 aromatic heterocycles. The first-order chi connectivity index (χ1) is 10.7. The van der Waals surface area contributed by atoms with Gasteiger partial charge in [-0.05, 0) is 25.5 Å². The highest BCUT2D eigenvalue weighted by atomic mass is 35.5. The van der Waals surface area contributed by atoms with Gasteiger partial charge in [0.05, 0.1) is 24.2 Å². The zero-order chi connectivity index (χ0) is 15.8. The lowest BCUT2D eigenvalue weighted by Crippen LogP contribution is -2.35. The molecule has 0 spiro atoms. The number of ether oxygens (including phenoxy) is 1. The van der Waals surface area contributed by atoms with Crippen LogP contribution in [0.3, 0.4) is 0 Å². The number of aryl methyl sites for hydroxylation is 2. The molecule has 0 aliphatic carbocycles. The lowest BCUT2D eigenvalue weighted by atomic mass is 10.3. The highest BCUT2D eigenvalue weighted by molar-refractivity contribution is 5.85. The number of nitrogens with one attached hydrogen (secondary N) is 2. The molecule has 0 aliphatic heterocycles. The molecule has 0 saturated heterocycles. The number of halogens is 2. The van der Waals surface area contributed by atoms with Crippen LogP contribution < -0.4 is 10.6 Å². The summed E-state index contributed by atoms with van der Waals surface area (Å²) in [4.78, 5) is 16.2. The minimum Gasteiger partial charge on any atom is -0.383 e. The molecule has 136 valence electrons. The molecule has 0 radical (unpaired) electrons. The summed E-state index contributed by atoms with van der Waals surface area (Å²) in [5.41, 5.74) is 2.17. The van der Waals surface area contributed by atoms with Crippen molar-refractivity contribution in [1.29, 1.82) is 0 Å². The smallest absolute Gasteiger partial charge is 0.233 e. The van der Waals surface area contributed by atoms with E-state index in [4.69, 9.17) is 4.74 Å². The molecule has 0 unspecified atom stereocenters. The first-order valence-electron chi connectivity index (χ1n) is 7.60. The van der Waals surface area contributed by atoms with Crippen LogP contribution in [0.5, 0.6) is 0 Å². The van der Waals surface area contributed by atoms with Gasteiger partial charge in [-0.15, -0.1) is 24.8 Å². The third-order valence-electron chi connectivity index (χ3n) is 3.49. The first kappa shape index (κ1) is 22.7. The molecule has 0 fully saturated rings. The zero-order valence-corrected chi connectivity index (χ0v) is 15.7. The summed E-state index contributed by atoms with van der Waals surface area (Å²) in [5.74, 6) is 1.03. The van der Waals surface area contributed by atoms with E-state index in [2.05, 4.69) is 26.3 Å². The van der Waals surface area contributed by atoms with Crippen molar-refractivity contribution in [2.45, 2.75) is 19.9 Å². The topological polar surface area (TPSA) is 68.2 Å². The van der Waals surface area contributed by atoms with Gasteiger partial charge in [0.1, 0.15) is 5.82 Å². The molecule has 2 N–H and O–H groups in total. The van der Waals surface area contributed by atoms with Gasteiger partial charge in [-0.25, -0.2) is 4.98 Å². The fourth-order valence-electron chi connectivity index (χ4n) is 2.38. The Balaban J connectivity index is 0.00000264. The Labute approximate surface area is 155 Å². The van der Waals surface area contributed by atoms with E-state index in [9.17, 15) is 4.79 Å². The van der Waals surface area contributed by atoms with Crippen molar-refractivity contribution < 1.29 is 9.53 Å². The number of benzene rings is 1. The van der Waals surface area contributed by atoms with Crippen LogP contribution >= 0.6 is 24.8 Å². The van der Waals surface area contributed by atoms with E-state index in [0.717, 1.165) is 29.8 Å². The van der Waals surface area contributed by atoms with E-state index in [-0.39, 0.29) is 30.7 Å².